The van der Waals surface area contributed by atoms with Crippen molar-refractivity contribution >= 4 is 28.0 Å². The summed E-state index contributed by atoms with van der Waals surface area (Å²) in [6.07, 6.45) is -0.846. The van der Waals surface area contributed by atoms with E-state index in [-0.39, 0.29) is 18.2 Å². The fraction of sp³-hybridized carbons (Fsp3) is 0.316. The Bertz CT molecular complexity index is 1030. The topological polar surface area (TPSA) is 79.7 Å². The quantitative estimate of drug-likeness (QED) is 0.528. The minimum Gasteiger partial charge on any atom is -0.428 e. The average Bonchev–Trinajstić information content (AvgIpc) is 2.57. The second-order valence-corrected chi connectivity index (χ2v) is 6.78. The molecule has 0 amide bonds. The number of nitrogens with zero attached hydrogens (tertiary/aromatic N) is 2. The Kier molecular flexibility index (Phi) is 4.65. The smallest absolute Gasteiger partial charge is 0.428 e. The Morgan fingerprint density at radius 2 is 1.85 bits per heavy atom. The molecule has 1 aromatic carbocycles. The van der Waals surface area contributed by atoms with E-state index in [0.717, 1.165) is 5.39 Å². The molecular formula is C19H20N2O5. The average molecular weight is 356 g/mol. The van der Waals surface area contributed by atoms with E-state index in [9.17, 15) is 9.59 Å². The van der Waals surface area contributed by atoms with Crippen LogP contribution in [0.2, 0.25) is 0 Å². The Hall–Kier alpha value is -2.93. The molecule has 0 unspecified atom stereocenters. The van der Waals surface area contributed by atoms with E-state index < -0.39 is 11.8 Å². The summed E-state index contributed by atoms with van der Waals surface area (Å²) in [5.41, 5.74) is 0.249. The van der Waals surface area contributed by atoms with Gasteiger partial charge in [-0.05, 0) is 32.9 Å². The zero-order valence-corrected chi connectivity index (χ0v) is 15.1. The maximum Gasteiger partial charge on any atom is 0.515 e. The number of carbonyl (C=O) groups excluding carboxylic acids is 1. The van der Waals surface area contributed by atoms with Crippen LogP contribution in [-0.4, -0.2) is 28.4 Å². The summed E-state index contributed by atoms with van der Waals surface area (Å²) in [5.74, 6) is 0.0702. The van der Waals surface area contributed by atoms with E-state index in [1.807, 2.05) is 24.3 Å². The molecule has 26 heavy (non-hydrogen) atoms. The minimum atomic E-state index is -0.846. The number of methoxy groups -OCH3 is 1. The van der Waals surface area contributed by atoms with Gasteiger partial charge in [0.25, 0.3) is 5.56 Å². The van der Waals surface area contributed by atoms with E-state index in [0.29, 0.717) is 16.4 Å². The van der Waals surface area contributed by atoms with Gasteiger partial charge in [0.15, 0.2) is 0 Å². The first-order valence-electron chi connectivity index (χ1n) is 8.12. The normalized spacial score (nSPS) is 11.7. The highest BCUT2D eigenvalue weighted by atomic mass is 16.7. The van der Waals surface area contributed by atoms with E-state index in [4.69, 9.17) is 14.2 Å². The lowest BCUT2D eigenvalue weighted by Gasteiger charge is -2.18. The summed E-state index contributed by atoms with van der Waals surface area (Å²) in [7, 11) is 1.53. The molecule has 3 rings (SSSR count). The standard InChI is InChI=1S/C19H20N2O5/c1-19(2,3)26-18(23)25-15-10-9-13-16(20-15)12-7-5-6-8-14(12)21(11-24-4)17(13)22/h5-10H,11H2,1-4H3. The molecular weight excluding hydrogens is 336 g/mol. The van der Waals surface area contributed by atoms with Crippen molar-refractivity contribution in [2.45, 2.75) is 33.1 Å². The molecule has 3 aromatic rings. The van der Waals surface area contributed by atoms with Crippen molar-refractivity contribution < 1.29 is 19.0 Å². The van der Waals surface area contributed by atoms with Crippen LogP contribution in [-0.2, 0) is 16.2 Å². The summed E-state index contributed by atoms with van der Waals surface area (Å²) in [6, 6.07) is 10.4. The molecule has 0 saturated carbocycles. The summed E-state index contributed by atoms with van der Waals surface area (Å²) in [5, 5.41) is 1.17. The van der Waals surface area contributed by atoms with Crippen LogP contribution in [0, 0.1) is 0 Å². The van der Waals surface area contributed by atoms with Crippen LogP contribution in [0.5, 0.6) is 5.88 Å². The van der Waals surface area contributed by atoms with Crippen LogP contribution < -0.4 is 10.3 Å². The van der Waals surface area contributed by atoms with E-state index in [1.165, 1.54) is 17.7 Å². The summed E-state index contributed by atoms with van der Waals surface area (Å²) >= 11 is 0. The maximum atomic E-state index is 12.8. The molecule has 2 aromatic heterocycles. The van der Waals surface area contributed by atoms with Gasteiger partial charge in [-0.2, -0.15) is 0 Å². The van der Waals surface area contributed by atoms with Crippen molar-refractivity contribution in [1.82, 2.24) is 9.55 Å². The van der Waals surface area contributed by atoms with Crippen LogP contribution in [0.3, 0.4) is 0 Å². The van der Waals surface area contributed by atoms with Crippen LogP contribution in [0.15, 0.2) is 41.2 Å². The second kappa shape index (κ2) is 6.76. The SMILES string of the molecule is COCn1c(=O)c2ccc(OC(=O)OC(C)(C)C)nc2c2ccccc21. The van der Waals surface area contributed by atoms with Crippen LogP contribution in [0.4, 0.5) is 4.79 Å². The van der Waals surface area contributed by atoms with Crippen molar-refractivity contribution in [2.75, 3.05) is 7.11 Å². The molecule has 0 aliphatic rings. The number of aromatic nitrogens is 2. The van der Waals surface area contributed by atoms with Crippen molar-refractivity contribution in [3.05, 3.63) is 46.8 Å². The molecule has 0 bridgehead atoms. The van der Waals surface area contributed by atoms with Gasteiger partial charge in [0.2, 0.25) is 5.88 Å². The Morgan fingerprint density at radius 1 is 1.12 bits per heavy atom. The van der Waals surface area contributed by atoms with Gasteiger partial charge >= 0.3 is 6.16 Å². The zero-order chi connectivity index (χ0) is 18.9. The predicted molar refractivity (Wildman–Crippen MR) is 97.4 cm³/mol. The number of benzene rings is 1. The third-order valence-electron chi connectivity index (χ3n) is 3.63. The van der Waals surface area contributed by atoms with Crippen LogP contribution >= 0.6 is 0 Å². The number of hydrogen-bond donors (Lipinski definition) is 0. The molecule has 0 radical (unpaired) electrons. The lowest BCUT2D eigenvalue weighted by molar-refractivity contribution is 0.0198. The van der Waals surface area contributed by atoms with Gasteiger partial charge < -0.3 is 14.2 Å². The van der Waals surface area contributed by atoms with Gasteiger partial charge in [-0.15, -0.1) is 0 Å². The third-order valence-corrected chi connectivity index (χ3v) is 3.63. The maximum absolute atomic E-state index is 12.8. The lowest BCUT2D eigenvalue weighted by atomic mass is 10.1. The number of pyridine rings is 2. The van der Waals surface area contributed by atoms with Crippen molar-refractivity contribution in [1.29, 1.82) is 0 Å². The third kappa shape index (κ3) is 3.52. The second-order valence-electron chi connectivity index (χ2n) is 6.78. The zero-order valence-electron chi connectivity index (χ0n) is 15.1. The van der Waals surface area contributed by atoms with Crippen molar-refractivity contribution in [3.8, 4) is 5.88 Å². The highest BCUT2D eigenvalue weighted by Gasteiger charge is 2.19. The van der Waals surface area contributed by atoms with Gasteiger partial charge in [-0.1, -0.05) is 18.2 Å². The molecule has 7 nitrogen and oxygen atoms in total. The number of fused-ring (bicyclic) bond motifs is 3. The largest absolute Gasteiger partial charge is 0.515 e. The number of hydrogen-bond acceptors (Lipinski definition) is 6. The number of rotatable bonds is 3. The molecule has 0 N–H and O–H groups in total. The van der Waals surface area contributed by atoms with Gasteiger partial charge in [0, 0.05) is 18.6 Å². The van der Waals surface area contributed by atoms with E-state index in [1.54, 1.807) is 26.8 Å². The molecule has 136 valence electrons. The molecule has 2 heterocycles. The Balaban J connectivity index is 2.13. The van der Waals surface area contributed by atoms with Gasteiger partial charge in [-0.25, -0.2) is 9.78 Å². The Morgan fingerprint density at radius 3 is 2.54 bits per heavy atom. The highest BCUT2D eigenvalue weighted by molar-refractivity contribution is 6.03. The van der Waals surface area contributed by atoms with E-state index >= 15 is 0 Å². The molecule has 0 saturated heterocycles. The molecule has 0 atom stereocenters. The summed E-state index contributed by atoms with van der Waals surface area (Å²) in [4.78, 5) is 29.0. The molecule has 0 aliphatic carbocycles. The molecule has 0 fully saturated rings. The first kappa shape index (κ1) is 17.9. The van der Waals surface area contributed by atoms with Crippen molar-refractivity contribution in [2.24, 2.45) is 0 Å². The predicted octanol–water partition coefficient (Wildman–Crippen LogP) is 3.47. The van der Waals surface area contributed by atoms with Gasteiger partial charge in [0.05, 0.1) is 16.4 Å². The number of para-hydroxylation sites is 1. The fourth-order valence-corrected chi connectivity index (χ4v) is 2.65. The summed E-state index contributed by atoms with van der Waals surface area (Å²) < 4.78 is 17.0. The highest BCUT2D eigenvalue weighted by Crippen LogP contribution is 2.24. The van der Waals surface area contributed by atoms with Gasteiger partial charge in [-0.3, -0.25) is 9.36 Å². The van der Waals surface area contributed by atoms with Crippen LogP contribution in [0.1, 0.15) is 20.8 Å². The minimum absolute atomic E-state index is 0.0702. The van der Waals surface area contributed by atoms with E-state index in [2.05, 4.69) is 4.98 Å². The number of carbonyl (C=O) groups is 1. The molecule has 0 spiro atoms. The molecule has 7 heteroatoms. The van der Waals surface area contributed by atoms with Crippen LogP contribution in [0.25, 0.3) is 21.8 Å². The Labute approximate surface area is 150 Å². The fourth-order valence-electron chi connectivity index (χ4n) is 2.65. The van der Waals surface area contributed by atoms with Crippen molar-refractivity contribution in [3.63, 3.8) is 0 Å². The monoisotopic (exact) mass is 356 g/mol. The first-order chi connectivity index (χ1) is 12.3. The van der Waals surface area contributed by atoms with Gasteiger partial charge in [0.1, 0.15) is 12.3 Å². The number of ether oxygens (including phenoxy) is 3. The summed E-state index contributed by atoms with van der Waals surface area (Å²) in [6.45, 7) is 5.36. The lowest BCUT2D eigenvalue weighted by Crippen LogP contribution is -2.26. The first-order valence-corrected chi connectivity index (χ1v) is 8.12. The molecule has 0 aliphatic heterocycles.